The Morgan fingerprint density at radius 3 is 2.67 bits per heavy atom. The van der Waals surface area contributed by atoms with Crippen molar-refractivity contribution >= 4 is 0 Å². The van der Waals surface area contributed by atoms with Gasteiger partial charge in [-0.2, -0.15) is 0 Å². The molecule has 94 valence electrons. The highest BCUT2D eigenvalue weighted by molar-refractivity contribution is 5.66. The van der Waals surface area contributed by atoms with Crippen LogP contribution in [-0.4, -0.2) is 9.97 Å². The van der Waals surface area contributed by atoms with Crippen molar-refractivity contribution in [2.45, 2.75) is 27.2 Å². The van der Waals surface area contributed by atoms with Crippen LogP contribution in [0.2, 0.25) is 0 Å². The summed E-state index contributed by atoms with van der Waals surface area (Å²) in [5, 5.41) is 0. The Bertz CT molecular complexity index is 647. The molecule has 0 bridgehead atoms. The highest BCUT2D eigenvalue weighted by Gasteiger charge is 2.13. The van der Waals surface area contributed by atoms with E-state index in [-0.39, 0.29) is 11.4 Å². The number of aromatic nitrogens is 2. The Balaban J connectivity index is 2.74. The summed E-state index contributed by atoms with van der Waals surface area (Å²) >= 11 is 0. The van der Waals surface area contributed by atoms with Crippen LogP contribution in [0.5, 0.6) is 0 Å². The molecule has 1 aromatic carbocycles. The fraction of sp³-hybridized carbons (Fsp3) is 0.286. The highest BCUT2D eigenvalue weighted by atomic mass is 19.1. The minimum atomic E-state index is -0.285. The number of H-pyrrole nitrogens is 1. The van der Waals surface area contributed by atoms with E-state index in [0.29, 0.717) is 34.6 Å². The SMILES string of the molecule is CCc1nc(-c2cccc(F)c2C)c(C)c(=O)[nH]1. The van der Waals surface area contributed by atoms with Crippen molar-refractivity contribution in [3.05, 3.63) is 51.3 Å². The van der Waals surface area contributed by atoms with E-state index in [4.69, 9.17) is 0 Å². The molecule has 1 heterocycles. The standard InChI is InChI=1S/C14H15FN2O/c1-4-12-16-13(9(3)14(18)17-12)10-6-5-7-11(15)8(10)2/h5-7H,4H2,1-3H3,(H,16,17,18). The van der Waals surface area contributed by atoms with Gasteiger partial charge in [-0.15, -0.1) is 0 Å². The predicted octanol–water partition coefficient (Wildman–Crippen LogP) is 2.76. The predicted molar refractivity (Wildman–Crippen MR) is 69.1 cm³/mol. The van der Waals surface area contributed by atoms with E-state index < -0.39 is 0 Å². The molecule has 0 atom stereocenters. The monoisotopic (exact) mass is 246 g/mol. The van der Waals surface area contributed by atoms with Crippen molar-refractivity contribution in [2.75, 3.05) is 0 Å². The second-order valence-corrected chi connectivity index (χ2v) is 4.25. The van der Waals surface area contributed by atoms with Gasteiger partial charge in [0.25, 0.3) is 5.56 Å². The maximum Gasteiger partial charge on any atom is 0.254 e. The minimum absolute atomic E-state index is 0.166. The number of aromatic amines is 1. The third kappa shape index (κ3) is 2.06. The summed E-state index contributed by atoms with van der Waals surface area (Å²) in [5.74, 6) is 0.330. The van der Waals surface area contributed by atoms with Gasteiger partial charge in [-0.25, -0.2) is 9.37 Å². The third-order valence-electron chi connectivity index (χ3n) is 3.06. The summed E-state index contributed by atoms with van der Waals surface area (Å²) in [6.07, 6.45) is 0.636. The maximum atomic E-state index is 13.6. The Morgan fingerprint density at radius 1 is 1.28 bits per heavy atom. The Morgan fingerprint density at radius 2 is 2.00 bits per heavy atom. The van der Waals surface area contributed by atoms with E-state index in [1.807, 2.05) is 6.92 Å². The first-order valence-corrected chi connectivity index (χ1v) is 5.89. The normalized spacial score (nSPS) is 10.7. The van der Waals surface area contributed by atoms with Crippen LogP contribution in [0.4, 0.5) is 4.39 Å². The molecule has 0 spiro atoms. The zero-order valence-corrected chi connectivity index (χ0v) is 10.7. The van der Waals surface area contributed by atoms with E-state index >= 15 is 0 Å². The first-order chi connectivity index (χ1) is 8.54. The maximum absolute atomic E-state index is 13.6. The summed E-state index contributed by atoms with van der Waals surface area (Å²) < 4.78 is 13.6. The summed E-state index contributed by atoms with van der Waals surface area (Å²) in [6.45, 7) is 5.30. The number of nitrogens with zero attached hydrogens (tertiary/aromatic N) is 1. The number of halogens is 1. The van der Waals surface area contributed by atoms with Crippen molar-refractivity contribution in [3.8, 4) is 11.3 Å². The number of aryl methyl sites for hydroxylation is 1. The first kappa shape index (κ1) is 12.5. The molecule has 4 heteroatoms. The van der Waals surface area contributed by atoms with Gasteiger partial charge in [-0.1, -0.05) is 19.1 Å². The molecule has 0 aliphatic heterocycles. The number of benzene rings is 1. The fourth-order valence-electron chi connectivity index (χ4n) is 1.87. The molecule has 0 fully saturated rings. The molecule has 18 heavy (non-hydrogen) atoms. The van der Waals surface area contributed by atoms with Crippen LogP contribution in [-0.2, 0) is 6.42 Å². The Labute approximate surface area is 105 Å². The fourth-order valence-corrected chi connectivity index (χ4v) is 1.87. The summed E-state index contributed by atoms with van der Waals surface area (Å²) in [5.41, 5.74) is 2.10. The van der Waals surface area contributed by atoms with Crippen LogP contribution >= 0.6 is 0 Å². The van der Waals surface area contributed by atoms with Crippen LogP contribution in [0.3, 0.4) is 0 Å². The van der Waals surface area contributed by atoms with Crippen molar-refractivity contribution < 1.29 is 4.39 Å². The van der Waals surface area contributed by atoms with Crippen molar-refractivity contribution in [2.24, 2.45) is 0 Å². The van der Waals surface area contributed by atoms with E-state index in [2.05, 4.69) is 9.97 Å². The van der Waals surface area contributed by atoms with E-state index in [1.165, 1.54) is 6.07 Å². The van der Waals surface area contributed by atoms with Crippen LogP contribution < -0.4 is 5.56 Å². The lowest BCUT2D eigenvalue weighted by molar-refractivity contribution is 0.619. The smallest absolute Gasteiger partial charge is 0.254 e. The lowest BCUT2D eigenvalue weighted by Crippen LogP contribution is -2.16. The van der Waals surface area contributed by atoms with Gasteiger partial charge in [0.1, 0.15) is 11.6 Å². The number of nitrogens with one attached hydrogen (secondary N) is 1. The second kappa shape index (κ2) is 4.72. The summed E-state index contributed by atoms with van der Waals surface area (Å²) in [6, 6.07) is 4.82. The summed E-state index contributed by atoms with van der Waals surface area (Å²) in [4.78, 5) is 18.9. The molecular formula is C14H15FN2O. The molecule has 0 saturated carbocycles. The van der Waals surface area contributed by atoms with Crippen molar-refractivity contribution in [1.82, 2.24) is 9.97 Å². The van der Waals surface area contributed by atoms with Gasteiger partial charge in [0.05, 0.1) is 5.69 Å². The van der Waals surface area contributed by atoms with Gasteiger partial charge < -0.3 is 4.98 Å². The molecule has 2 aromatic rings. The van der Waals surface area contributed by atoms with Crippen LogP contribution in [0.25, 0.3) is 11.3 Å². The van der Waals surface area contributed by atoms with Gasteiger partial charge >= 0.3 is 0 Å². The molecule has 0 radical (unpaired) electrons. The number of rotatable bonds is 2. The van der Waals surface area contributed by atoms with E-state index in [9.17, 15) is 9.18 Å². The lowest BCUT2D eigenvalue weighted by Gasteiger charge is -2.09. The first-order valence-electron chi connectivity index (χ1n) is 5.89. The molecule has 2 rings (SSSR count). The molecule has 0 aliphatic carbocycles. The molecule has 3 nitrogen and oxygen atoms in total. The van der Waals surface area contributed by atoms with Crippen molar-refractivity contribution in [3.63, 3.8) is 0 Å². The number of hydrogen-bond acceptors (Lipinski definition) is 2. The van der Waals surface area contributed by atoms with Crippen molar-refractivity contribution in [1.29, 1.82) is 0 Å². The third-order valence-corrected chi connectivity index (χ3v) is 3.06. The van der Waals surface area contributed by atoms with Gasteiger partial charge in [-0.3, -0.25) is 4.79 Å². The van der Waals surface area contributed by atoms with Gasteiger partial charge in [0.2, 0.25) is 0 Å². The molecule has 0 saturated heterocycles. The second-order valence-electron chi connectivity index (χ2n) is 4.25. The van der Waals surface area contributed by atoms with Gasteiger partial charge in [0, 0.05) is 17.5 Å². The van der Waals surface area contributed by atoms with Gasteiger partial charge in [0.15, 0.2) is 0 Å². The lowest BCUT2D eigenvalue weighted by atomic mass is 10.0. The average molecular weight is 246 g/mol. The van der Waals surface area contributed by atoms with Crippen LogP contribution in [0, 0.1) is 19.7 Å². The molecule has 1 N–H and O–H groups in total. The molecule has 0 amide bonds. The van der Waals surface area contributed by atoms with E-state index in [1.54, 1.807) is 26.0 Å². The molecule has 0 unspecified atom stereocenters. The molecule has 0 aliphatic rings. The Hall–Kier alpha value is -1.97. The minimum Gasteiger partial charge on any atom is -0.310 e. The zero-order valence-electron chi connectivity index (χ0n) is 10.7. The van der Waals surface area contributed by atoms with Crippen LogP contribution in [0.1, 0.15) is 23.9 Å². The molecular weight excluding hydrogens is 231 g/mol. The zero-order chi connectivity index (χ0) is 13.3. The van der Waals surface area contributed by atoms with Gasteiger partial charge in [-0.05, 0) is 25.5 Å². The average Bonchev–Trinajstić information content (AvgIpc) is 2.36. The van der Waals surface area contributed by atoms with Crippen LogP contribution in [0.15, 0.2) is 23.0 Å². The largest absolute Gasteiger partial charge is 0.310 e. The molecule has 1 aromatic heterocycles. The Kier molecular flexibility index (Phi) is 3.28. The summed E-state index contributed by atoms with van der Waals surface area (Å²) in [7, 11) is 0. The highest BCUT2D eigenvalue weighted by Crippen LogP contribution is 2.24. The van der Waals surface area contributed by atoms with E-state index in [0.717, 1.165) is 0 Å². The number of hydrogen-bond donors (Lipinski definition) is 1. The quantitative estimate of drug-likeness (QED) is 0.885. The topological polar surface area (TPSA) is 45.8 Å².